The van der Waals surface area contributed by atoms with E-state index in [0.29, 0.717) is 23.9 Å². The summed E-state index contributed by atoms with van der Waals surface area (Å²) in [5.41, 5.74) is 0. The van der Waals surface area contributed by atoms with E-state index in [0.717, 1.165) is 57.8 Å². The maximum atomic E-state index is 12.9. The average molecular weight is 1170 g/mol. The molecule has 0 aromatic rings. The van der Waals surface area contributed by atoms with Crippen LogP contribution < -0.4 is 5.11 Å². The maximum Gasteiger partial charge on any atom is 0.306 e. The predicted molar refractivity (Wildman–Crippen MR) is 352 cm³/mol. The Hall–Kier alpha value is -3.01. The van der Waals surface area contributed by atoms with Crippen LogP contribution in [-0.2, 0) is 33.3 Å². The number of carbonyl (C=O) groups is 3. The molecular weight excluding hydrogens is 1030 g/mol. The van der Waals surface area contributed by atoms with Gasteiger partial charge >= 0.3 is 11.9 Å². The van der Waals surface area contributed by atoms with Crippen LogP contribution in [0.3, 0.4) is 0 Å². The van der Waals surface area contributed by atoms with Crippen LogP contribution in [0.4, 0.5) is 0 Å². The number of rotatable bonds is 66. The fourth-order valence-electron chi connectivity index (χ4n) is 10.4. The number of unbranched alkanes of at least 4 members (excludes halogenated alkanes) is 41. The number of hydrogen-bond donors (Lipinski definition) is 0. The number of allylic oxidation sites excluding steroid dienone is 10. The standard InChI is InChI=1S/C74H135NO8/c1-6-8-10-12-14-16-18-20-22-24-26-28-30-32-33-34-35-36-37-38-39-41-43-45-47-49-51-53-55-57-59-61-63-65-72(77)83-70(69-82-74(73(78)79)80-67-66-75(3,4)5)68-81-71(76)64-62-60-58-56-54-52-50-48-46-44-42-40-31-29-27-25-23-21-19-17-15-13-11-9-7-2/h8,10,14,16,20,22,25-28,70,74H,6-7,9,11-13,15,17-19,21,23-24,29-69H2,1-5H3/b10-8-,16-14-,22-20-,27-25-,28-26-. The monoisotopic (exact) mass is 1170 g/mol. The molecule has 0 aromatic carbocycles. The third-order valence-electron chi connectivity index (χ3n) is 15.7. The molecule has 0 aliphatic rings. The summed E-state index contributed by atoms with van der Waals surface area (Å²) in [5, 5.41) is 11.8. The van der Waals surface area contributed by atoms with Crippen molar-refractivity contribution >= 4 is 17.9 Å². The summed E-state index contributed by atoms with van der Waals surface area (Å²) in [6, 6.07) is 0. The molecule has 484 valence electrons. The van der Waals surface area contributed by atoms with Crippen LogP contribution in [-0.4, -0.2) is 82.3 Å². The van der Waals surface area contributed by atoms with E-state index in [-0.39, 0.29) is 32.2 Å². The molecular formula is C74H135NO8. The van der Waals surface area contributed by atoms with Gasteiger partial charge in [0.2, 0.25) is 0 Å². The van der Waals surface area contributed by atoms with Crippen molar-refractivity contribution in [2.24, 2.45) is 0 Å². The van der Waals surface area contributed by atoms with Crippen LogP contribution >= 0.6 is 0 Å². The predicted octanol–water partition coefficient (Wildman–Crippen LogP) is 20.6. The number of nitrogens with zero attached hydrogens (tertiary/aromatic N) is 1. The van der Waals surface area contributed by atoms with Gasteiger partial charge < -0.3 is 33.3 Å². The van der Waals surface area contributed by atoms with Gasteiger partial charge in [0.25, 0.3) is 0 Å². The highest BCUT2D eigenvalue weighted by Gasteiger charge is 2.22. The molecule has 0 spiro atoms. The third kappa shape index (κ3) is 66.4. The number of esters is 2. The molecule has 0 aliphatic heterocycles. The van der Waals surface area contributed by atoms with Crippen LogP contribution in [0.5, 0.6) is 0 Å². The van der Waals surface area contributed by atoms with Crippen molar-refractivity contribution in [3.63, 3.8) is 0 Å². The summed E-state index contributed by atoms with van der Waals surface area (Å²) in [5.74, 6) is -2.26. The highest BCUT2D eigenvalue weighted by molar-refractivity contribution is 5.70. The first-order chi connectivity index (χ1) is 40.6. The highest BCUT2D eigenvalue weighted by atomic mass is 16.7. The molecule has 0 rings (SSSR count). The summed E-state index contributed by atoms with van der Waals surface area (Å²) >= 11 is 0. The van der Waals surface area contributed by atoms with Crippen molar-refractivity contribution in [1.29, 1.82) is 0 Å². The quantitative estimate of drug-likeness (QED) is 0.0195. The Labute approximate surface area is 514 Å². The van der Waals surface area contributed by atoms with Gasteiger partial charge in [0.15, 0.2) is 12.4 Å². The van der Waals surface area contributed by atoms with Crippen molar-refractivity contribution in [2.45, 2.75) is 347 Å². The third-order valence-corrected chi connectivity index (χ3v) is 15.7. The molecule has 2 atom stereocenters. The largest absolute Gasteiger partial charge is 0.545 e. The van der Waals surface area contributed by atoms with E-state index in [9.17, 15) is 19.5 Å². The molecule has 0 bridgehead atoms. The number of carboxylic acids is 1. The Morgan fingerprint density at radius 2 is 0.687 bits per heavy atom. The van der Waals surface area contributed by atoms with Crippen molar-refractivity contribution in [2.75, 3.05) is 47.5 Å². The second kappa shape index (κ2) is 65.0. The number of ether oxygens (including phenoxy) is 4. The lowest BCUT2D eigenvalue weighted by atomic mass is 10.0. The lowest BCUT2D eigenvalue weighted by molar-refractivity contribution is -0.870. The molecule has 9 nitrogen and oxygen atoms in total. The molecule has 0 amide bonds. The summed E-state index contributed by atoms with van der Waals surface area (Å²) in [6.45, 7) is 4.69. The zero-order valence-corrected chi connectivity index (χ0v) is 55.3. The SMILES string of the molecule is CC/C=C\C/C=C\C/C=C\C/C=C\CCCCCCCCCCCCCCCCCCCCCCC(=O)OC(COC(=O)CCCCCCCCCCCCCCC/C=C\CCCCCCCCCC)COC(OCC[N+](C)(C)C)C(=O)[O-]. The number of aliphatic carboxylic acids is 1. The van der Waals surface area contributed by atoms with Crippen LogP contribution in [0.2, 0.25) is 0 Å². The Morgan fingerprint density at radius 1 is 0.373 bits per heavy atom. The van der Waals surface area contributed by atoms with Gasteiger partial charge in [-0.15, -0.1) is 0 Å². The van der Waals surface area contributed by atoms with Crippen LogP contribution in [0.15, 0.2) is 60.8 Å². The summed E-state index contributed by atoms with van der Waals surface area (Å²) < 4.78 is 22.8. The fourth-order valence-corrected chi connectivity index (χ4v) is 10.4. The van der Waals surface area contributed by atoms with Gasteiger partial charge in [-0.25, -0.2) is 0 Å². The van der Waals surface area contributed by atoms with Crippen LogP contribution in [0, 0.1) is 0 Å². The summed E-state index contributed by atoms with van der Waals surface area (Å²) in [7, 11) is 5.94. The van der Waals surface area contributed by atoms with Gasteiger partial charge in [-0.2, -0.15) is 0 Å². The Morgan fingerprint density at radius 3 is 1.04 bits per heavy atom. The van der Waals surface area contributed by atoms with E-state index in [4.69, 9.17) is 18.9 Å². The van der Waals surface area contributed by atoms with Crippen molar-refractivity contribution in [3.05, 3.63) is 60.8 Å². The Bertz CT molecular complexity index is 1550. The van der Waals surface area contributed by atoms with E-state index in [1.165, 1.54) is 244 Å². The van der Waals surface area contributed by atoms with Crippen LogP contribution in [0.25, 0.3) is 0 Å². The molecule has 0 fully saturated rings. The number of carbonyl (C=O) groups excluding carboxylic acids is 3. The molecule has 0 saturated heterocycles. The van der Waals surface area contributed by atoms with E-state index < -0.39 is 24.3 Å². The molecule has 0 heterocycles. The number of quaternary nitrogens is 1. The van der Waals surface area contributed by atoms with Gasteiger partial charge in [0.1, 0.15) is 13.2 Å². The molecule has 0 N–H and O–H groups in total. The molecule has 0 aromatic heterocycles. The highest BCUT2D eigenvalue weighted by Crippen LogP contribution is 2.18. The summed E-state index contributed by atoms with van der Waals surface area (Å²) in [4.78, 5) is 37.5. The van der Waals surface area contributed by atoms with Gasteiger partial charge in [0.05, 0.1) is 40.3 Å². The second-order valence-corrected chi connectivity index (χ2v) is 25.1. The lowest BCUT2D eigenvalue weighted by Gasteiger charge is -2.26. The molecule has 9 heteroatoms. The van der Waals surface area contributed by atoms with E-state index in [2.05, 4.69) is 74.6 Å². The van der Waals surface area contributed by atoms with Gasteiger partial charge in [0, 0.05) is 12.8 Å². The molecule has 0 radical (unpaired) electrons. The van der Waals surface area contributed by atoms with Crippen molar-refractivity contribution in [3.8, 4) is 0 Å². The zero-order valence-electron chi connectivity index (χ0n) is 55.3. The average Bonchev–Trinajstić information content (AvgIpc) is 3.46. The fraction of sp³-hybridized carbons (Fsp3) is 0.824. The van der Waals surface area contributed by atoms with Crippen LogP contribution in [0.1, 0.15) is 335 Å². The minimum absolute atomic E-state index is 0.149. The lowest BCUT2D eigenvalue weighted by Crippen LogP contribution is -2.44. The molecule has 0 saturated carbocycles. The normalized spacial score (nSPS) is 13.0. The Balaban J connectivity index is 4.06. The summed E-state index contributed by atoms with van der Waals surface area (Å²) in [6.07, 6.45) is 81.7. The van der Waals surface area contributed by atoms with Gasteiger partial charge in [-0.1, -0.05) is 306 Å². The second-order valence-electron chi connectivity index (χ2n) is 25.1. The maximum absolute atomic E-state index is 12.9. The van der Waals surface area contributed by atoms with Crippen molar-refractivity contribution in [1.82, 2.24) is 0 Å². The van der Waals surface area contributed by atoms with E-state index in [1.807, 2.05) is 21.1 Å². The number of carboxylic acid groups (broad SMARTS) is 1. The first-order valence-electron chi connectivity index (χ1n) is 35.4. The zero-order chi connectivity index (χ0) is 60.5. The minimum atomic E-state index is -1.62. The smallest absolute Gasteiger partial charge is 0.306 e. The first kappa shape index (κ1) is 80.0. The van der Waals surface area contributed by atoms with Gasteiger partial charge in [-0.05, 0) is 77.0 Å². The van der Waals surface area contributed by atoms with Crippen molar-refractivity contribution < 1.29 is 42.9 Å². The van der Waals surface area contributed by atoms with E-state index >= 15 is 0 Å². The number of hydrogen-bond acceptors (Lipinski definition) is 8. The van der Waals surface area contributed by atoms with E-state index in [1.54, 1.807) is 0 Å². The molecule has 0 aliphatic carbocycles. The first-order valence-corrected chi connectivity index (χ1v) is 35.4. The molecule has 83 heavy (non-hydrogen) atoms. The number of likely N-dealkylation sites (N-methyl/N-ethyl adjacent to an activating group) is 1. The van der Waals surface area contributed by atoms with Gasteiger partial charge in [-0.3, -0.25) is 9.59 Å². The molecule has 2 unspecified atom stereocenters. The minimum Gasteiger partial charge on any atom is -0.545 e. The Kier molecular flexibility index (Phi) is 62.6. The topological polar surface area (TPSA) is 111 Å².